The third kappa shape index (κ3) is 5.58. The summed E-state index contributed by atoms with van der Waals surface area (Å²) in [5.74, 6) is 0. The number of allylic oxidation sites excluding steroid dienone is 2. The van der Waals surface area contributed by atoms with Crippen molar-refractivity contribution in [2.75, 3.05) is 11.9 Å². The lowest BCUT2D eigenvalue weighted by molar-refractivity contribution is 0.397. The quantitative estimate of drug-likeness (QED) is 0.718. The smallest absolute Gasteiger partial charge is 0.0342 e. The molecule has 0 radical (unpaired) electrons. The molecule has 1 heteroatoms. The van der Waals surface area contributed by atoms with E-state index in [2.05, 4.69) is 70.3 Å². The Labute approximate surface area is 106 Å². The molecular weight excluding hydrogens is 206 g/mol. The van der Waals surface area contributed by atoms with E-state index in [-0.39, 0.29) is 0 Å². The number of hydrogen-bond donors (Lipinski definition) is 1. The van der Waals surface area contributed by atoms with Gasteiger partial charge >= 0.3 is 0 Å². The number of anilines is 1. The zero-order chi connectivity index (χ0) is 12.9. The molecule has 0 atom stereocenters. The van der Waals surface area contributed by atoms with Crippen molar-refractivity contribution in [1.82, 2.24) is 0 Å². The van der Waals surface area contributed by atoms with Gasteiger partial charge in [0.1, 0.15) is 0 Å². The fraction of sp³-hybridized carbons (Fsp3) is 0.500. The van der Waals surface area contributed by atoms with Gasteiger partial charge in [-0.2, -0.15) is 0 Å². The second-order valence-corrected chi connectivity index (χ2v) is 5.87. The van der Waals surface area contributed by atoms with Crippen molar-refractivity contribution >= 4 is 5.69 Å². The second kappa shape index (κ2) is 5.90. The van der Waals surface area contributed by atoms with Gasteiger partial charge in [0.15, 0.2) is 0 Å². The predicted octanol–water partition coefficient (Wildman–Crippen LogP) is 4.79. The van der Waals surface area contributed by atoms with E-state index < -0.39 is 0 Å². The molecule has 0 fully saturated rings. The third-order valence-corrected chi connectivity index (χ3v) is 2.85. The molecule has 0 amide bonds. The highest BCUT2D eigenvalue weighted by molar-refractivity contribution is 5.45. The maximum absolute atomic E-state index is 3.52. The number of nitrogens with one attached hydrogen (secondary N) is 1. The Balaban J connectivity index is 2.52. The molecule has 1 nitrogen and oxygen atoms in total. The van der Waals surface area contributed by atoms with E-state index in [4.69, 9.17) is 0 Å². The molecule has 94 valence electrons. The van der Waals surface area contributed by atoms with Crippen LogP contribution in [0.25, 0.3) is 0 Å². The van der Waals surface area contributed by atoms with Crippen LogP contribution in [0.3, 0.4) is 0 Å². The van der Waals surface area contributed by atoms with Crippen molar-refractivity contribution < 1.29 is 0 Å². The highest BCUT2D eigenvalue weighted by Gasteiger charge is 2.15. The topological polar surface area (TPSA) is 12.0 Å². The van der Waals surface area contributed by atoms with E-state index in [1.165, 1.54) is 16.8 Å². The van der Waals surface area contributed by atoms with Crippen LogP contribution in [0.4, 0.5) is 5.69 Å². The lowest BCUT2D eigenvalue weighted by atomic mass is 9.88. The summed E-state index contributed by atoms with van der Waals surface area (Å²) in [4.78, 5) is 0. The number of rotatable bonds is 5. The van der Waals surface area contributed by atoms with E-state index in [1.54, 1.807) is 0 Å². The summed E-state index contributed by atoms with van der Waals surface area (Å²) >= 11 is 0. The molecular formula is C16H25N. The Bertz CT molecular complexity index is 384. The van der Waals surface area contributed by atoms with Crippen LogP contribution in [0.1, 0.15) is 39.7 Å². The summed E-state index contributed by atoms with van der Waals surface area (Å²) in [6.45, 7) is 12.0. The highest BCUT2D eigenvalue weighted by atomic mass is 14.9. The van der Waals surface area contributed by atoms with E-state index in [9.17, 15) is 0 Å². The van der Waals surface area contributed by atoms with Gasteiger partial charge in [0, 0.05) is 12.2 Å². The van der Waals surface area contributed by atoms with Crippen LogP contribution in [0.15, 0.2) is 35.9 Å². The lowest BCUT2D eigenvalue weighted by Crippen LogP contribution is -2.22. The van der Waals surface area contributed by atoms with Gasteiger partial charge in [-0.05, 0) is 50.3 Å². The molecule has 0 aromatic heterocycles. The molecule has 0 unspecified atom stereocenters. The molecule has 1 rings (SSSR count). The average Bonchev–Trinajstić information content (AvgIpc) is 2.24. The minimum absolute atomic E-state index is 0.293. The first-order valence-electron chi connectivity index (χ1n) is 6.33. The molecule has 0 saturated heterocycles. The minimum atomic E-state index is 0.293. The molecule has 0 spiro atoms. The van der Waals surface area contributed by atoms with Crippen molar-refractivity contribution in [2.45, 2.75) is 41.0 Å². The van der Waals surface area contributed by atoms with Crippen LogP contribution in [-0.4, -0.2) is 6.54 Å². The molecule has 0 bridgehead atoms. The molecule has 1 aromatic carbocycles. The molecule has 17 heavy (non-hydrogen) atoms. The average molecular weight is 231 g/mol. The molecule has 0 heterocycles. The van der Waals surface area contributed by atoms with Gasteiger partial charge in [0.05, 0.1) is 0 Å². The van der Waals surface area contributed by atoms with Gasteiger partial charge in [-0.3, -0.25) is 0 Å². The molecule has 1 N–H and O–H groups in total. The molecule has 0 aliphatic carbocycles. The van der Waals surface area contributed by atoms with Gasteiger partial charge < -0.3 is 5.32 Å². The Kier molecular flexibility index (Phi) is 4.80. The molecule has 0 aliphatic heterocycles. The first-order valence-corrected chi connectivity index (χ1v) is 6.33. The van der Waals surface area contributed by atoms with Gasteiger partial charge in [-0.25, -0.2) is 0 Å². The number of benzene rings is 1. The summed E-state index contributed by atoms with van der Waals surface area (Å²) in [7, 11) is 0. The van der Waals surface area contributed by atoms with Gasteiger partial charge in [-0.15, -0.1) is 0 Å². The molecule has 0 saturated carbocycles. The van der Waals surface area contributed by atoms with Crippen molar-refractivity contribution in [2.24, 2.45) is 5.41 Å². The zero-order valence-corrected chi connectivity index (χ0v) is 11.8. The zero-order valence-electron chi connectivity index (χ0n) is 11.8. The van der Waals surface area contributed by atoms with Gasteiger partial charge in [-0.1, -0.05) is 37.6 Å². The monoisotopic (exact) mass is 231 g/mol. The van der Waals surface area contributed by atoms with Crippen LogP contribution in [0, 0.1) is 12.3 Å². The maximum Gasteiger partial charge on any atom is 0.0342 e. The van der Waals surface area contributed by atoms with Crippen LogP contribution in [0.2, 0.25) is 0 Å². The summed E-state index contributed by atoms with van der Waals surface area (Å²) < 4.78 is 0. The van der Waals surface area contributed by atoms with Gasteiger partial charge in [0.25, 0.3) is 0 Å². The Hall–Kier alpha value is -1.24. The van der Waals surface area contributed by atoms with Crippen LogP contribution < -0.4 is 5.32 Å². The fourth-order valence-electron chi connectivity index (χ4n) is 1.65. The highest BCUT2D eigenvalue weighted by Crippen LogP contribution is 2.23. The van der Waals surface area contributed by atoms with E-state index >= 15 is 0 Å². The minimum Gasteiger partial charge on any atom is -0.384 e. The lowest BCUT2D eigenvalue weighted by Gasteiger charge is -2.24. The van der Waals surface area contributed by atoms with Crippen molar-refractivity contribution in [3.63, 3.8) is 0 Å². The number of hydrogen-bond acceptors (Lipinski definition) is 1. The van der Waals surface area contributed by atoms with Crippen LogP contribution in [0.5, 0.6) is 0 Å². The predicted molar refractivity (Wildman–Crippen MR) is 77.5 cm³/mol. The van der Waals surface area contributed by atoms with Crippen LogP contribution >= 0.6 is 0 Å². The first-order chi connectivity index (χ1) is 7.89. The van der Waals surface area contributed by atoms with E-state index in [0.29, 0.717) is 5.41 Å². The van der Waals surface area contributed by atoms with Gasteiger partial charge in [0.2, 0.25) is 0 Å². The molecule has 0 aliphatic rings. The summed E-state index contributed by atoms with van der Waals surface area (Å²) in [5.41, 5.74) is 4.21. The number of aryl methyl sites for hydroxylation is 1. The van der Waals surface area contributed by atoms with E-state index in [0.717, 1.165) is 13.0 Å². The van der Waals surface area contributed by atoms with E-state index in [1.807, 2.05) is 0 Å². The Morgan fingerprint density at radius 2 is 2.00 bits per heavy atom. The Morgan fingerprint density at radius 3 is 2.59 bits per heavy atom. The standard InChI is InChI=1S/C16H25N/c1-13(2)9-10-16(4,5)12-17-15-8-6-7-14(3)11-15/h6-9,11,17H,10,12H2,1-5H3. The molecule has 1 aromatic rings. The first kappa shape index (κ1) is 13.8. The summed E-state index contributed by atoms with van der Waals surface area (Å²) in [6.07, 6.45) is 3.44. The second-order valence-electron chi connectivity index (χ2n) is 5.87. The van der Waals surface area contributed by atoms with Crippen molar-refractivity contribution in [3.8, 4) is 0 Å². The maximum atomic E-state index is 3.52. The third-order valence-electron chi connectivity index (χ3n) is 2.85. The van der Waals surface area contributed by atoms with Crippen molar-refractivity contribution in [1.29, 1.82) is 0 Å². The van der Waals surface area contributed by atoms with Crippen LogP contribution in [-0.2, 0) is 0 Å². The summed E-state index contributed by atoms with van der Waals surface area (Å²) in [5, 5.41) is 3.52. The van der Waals surface area contributed by atoms with Crippen molar-refractivity contribution in [3.05, 3.63) is 41.5 Å². The summed E-state index contributed by atoms with van der Waals surface area (Å²) in [6, 6.07) is 8.54. The SMILES string of the molecule is CC(C)=CCC(C)(C)CNc1cccc(C)c1. The largest absolute Gasteiger partial charge is 0.384 e. The fourth-order valence-corrected chi connectivity index (χ4v) is 1.65. The normalized spacial score (nSPS) is 11.1. The Morgan fingerprint density at radius 1 is 1.29 bits per heavy atom.